The first-order chi connectivity index (χ1) is 5.27. The van der Waals surface area contributed by atoms with E-state index in [9.17, 15) is 0 Å². The van der Waals surface area contributed by atoms with Crippen LogP contribution in [0.2, 0.25) is 5.28 Å². The monoisotopic (exact) mass is 169 g/mol. The van der Waals surface area contributed by atoms with Crippen molar-refractivity contribution in [3.63, 3.8) is 0 Å². The quantitative estimate of drug-likeness (QED) is 0.678. The molecule has 58 valence electrons. The summed E-state index contributed by atoms with van der Waals surface area (Å²) in [5, 5.41) is 0.219. The van der Waals surface area contributed by atoms with Crippen molar-refractivity contribution in [2.24, 2.45) is 5.73 Å². The molecular weight excluding hydrogens is 162 g/mol. The van der Waals surface area contributed by atoms with Gasteiger partial charge in [-0.3, -0.25) is 0 Å². The summed E-state index contributed by atoms with van der Waals surface area (Å²) in [6.45, 7) is 3.94. The van der Waals surface area contributed by atoms with Gasteiger partial charge >= 0.3 is 0 Å². The summed E-state index contributed by atoms with van der Waals surface area (Å²) in [6.07, 6.45) is 3.25. The fourth-order valence-electron chi connectivity index (χ4n) is 0.736. The van der Waals surface area contributed by atoms with Gasteiger partial charge in [0.05, 0.1) is 5.69 Å². The summed E-state index contributed by atoms with van der Waals surface area (Å²) >= 11 is 5.54. The summed E-state index contributed by atoms with van der Waals surface area (Å²) in [5.74, 6) is 0. The first-order valence-electron chi connectivity index (χ1n) is 3.12. The van der Waals surface area contributed by atoms with Crippen LogP contribution in [0.3, 0.4) is 0 Å². The number of aromatic nitrogens is 2. The van der Waals surface area contributed by atoms with Crippen LogP contribution in [0.4, 0.5) is 0 Å². The van der Waals surface area contributed by atoms with Gasteiger partial charge in [-0.05, 0) is 11.6 Å². The number of nitrogens with zero attached hydrogens (tertiary/aromatic N) is 2. The van der Waals surface area contributed by atoms with Crippen molar-refractivity contribution >= 4 is 17.7 Å². The second-order valence-electron chi connectivity index (χ2n) is 1.95. The van der Waals surface area contributed by atoms with Crippen LogP contribution in [0.5, 0.6) is 0 Å². The van der Waals surface area contributed by atoms with Crippen LogP contribution >= 0.6 is 11.6 Å². The Morgan fingerprint density at radius 1 is 1.73 bits per heavy atom. The molecule has 0 fully saturated rings. The third-order valence-corrected chi connectivity index (χ3v) is 1.47. The van der Waals surface area contributed by atoms with E-state index >= 15 is 0 Å². The van der Waals surface area contributed by atoms with Gasteiger partial charge in [-0.25, -0.2) is 9.97 Å². The normalized spacial score (nSPS) is 9.64. The first kappa shape index (κ1) is 8.17. The fourth-order valence-corrected chi connectivity index (χ4v) is 0.887. The van der Waals surface area contributed by atoms with Gasteiger partial charge in [-0.15, -0.1) is 0 Å². The predicted octanol–water partition coefficient (Wildman–Crippen LogP) is 1.23. The average Bonchev–Trinajstić information content (AvgIpc) is 2.04. The molecule has 0 bridgehead atoms. The van der Waals surface area contributed by atoms with Crippen LogP contribution in [0, 0.1) is 0 Å². The van der Waals surface area contributed by atoms with E-state index in [2.05, 4.69) is 16.5 Å². The highest BCUT2D eigenvalue weighted by molar-refractivity contribution is 6.28. The maximum absolute atomic E-state index is 5.54. The highest BCUT2D eigenvalue weighted by Gasteiger charge is 1.99. The third-order valence-electron chi connectivity index (χ3n) is 1.28. The predicted molar refractivity (Wildman–Crippen MR) is 45.0 cm³/mol. The molecule has 0 saturated heterocycles. The first-order valence-corrected chi connectivity index (χ1v) is 3.49. The van der Waals surface area contributed by atoms with Crippen molar-refractivity contribution in [3.8, 4) is 0 Å². The minimum atomic E-state index is 0.219. The Balaban J connectivity index is 3.16. The Kier molecular flexibility index (Phi) is 2.57. The summed E-state index contributed by atoms with van der Waals surface area (Å²) in [6, 6.07) is 0. The molecule has 1 aromatic heterocycles. The molecule has 0 amide bonds. The maximum atomic E-state index is 5.54. The van der Waals surface area contributed by atoms with Gasteiger partial charge in [-0.2, -0.15) is 0 Å². The van der Waals surface area contributed by atoms with E-state index in [1.54, 1.807) is 12.3 Å². The van der Waals surface area contributed by atoms with Crippen molar-refractivity contribution in [2.75, 3.05) is 0 Å². The maximum Gasteiger partial charge on any atom is 0.222 e. The summed E-state index contributed by atoms with van der Waals surface area (Å²) in [7, 11) is 0. The minimum absolute atomic E-state index is 0.219. The van der Waals surface area contributed by atoms with Gasteiger partial charge < -0.3 is 5.73 Å². The summed E-state index contributed by atoms with van der Waals surface area (Å²) < 4.78 is 0. The smallest absolute Gasteiger partial charge is 0.222 e. The topological polar surface area (TPSA) is 51.8 Å². The van der Waals surface area contributed by atoms with Crippen molar-refractivity contribution in [1.82, 2.24) is 9.97 Å². The highest BCUT2D eigenvalue weighted by Crippen LogP contribution is 2.08. The number of halogens is 1. The van der Waals surface area contributed by atoms with E-state index in [1.807, 2.05) is 0 Å². The molecule has 3 nitrogen and oxygen atoms in total. The SMILES string of the molecule is C=Cc1cnc(Cl)nc1CN. The van der Waals surface area contributed by atoms with Gasteiger partial charge in [0.25, 0.3) is 0 Å². The lowest BCUT2D eigenvalue weighted by Crippen LogP contribution is -2.03. The molecule has 0 aliphatic carbocycles. The van der Waals surface area contributed by atoms with Crippen LogP contribution in [0.1, 0.15) is 11.3 Å². The summed E-state index contributed by atoms with van der Waals surface area (Å²) in [4.78, 5) is 7.71. The second-order valence-corrected chi connectivity index (χ2v) is 2.29. The average molecular weight is 170 g/mol. The van der Waals surface area contributed by atoms with Crippen LogP contribution in [0.25, 0.3) is 6.08 Å². The zero-order valence-corrected chi connectivity index (χ0v) is 6.67. The van der Waals surface area contributed by atoms with E-state index in [-0.39, 0.29) is 5.28 Å². The van der Waals surface area contributed by atoms with Crippen molar-refractivity contribution in [1.29, 1.82) is 0 Å². The van der Waals surface area contributed by atoms with Crippen LogP contribution in [-0.4, -0.2) is 9.97 Å². The molecule has 0 aromatic carbocycles. The largest absolute Gasteiger partial charge is 0.325 e. The second kappa shape index (κ2) is 3.46. The molecule has 0 spiro atoms. The fraction of sp³-hybridized carbons (Fsp3) is 0.143. The van der Waals surface area contributed by atoms with Crippen LogP contribution < -0.4 is 5.73 Å². The Hall–Kier alpha value is -0.930. The molecule has 0 atom stereocenters. The molecular formula is C7H8ClN3. The highest BCUT2D eigenvalue weighted by atomic mass is 35.5. The zero-order chi connectivity index (χ0) is 8.27. The number of hydrogen-bond acceptors (Lipinski definition) is 3. The molecule has 1 rings (SSSR count). The van der Waals surface area contributed by atoms with E-state index in [0.29, 0.717) is 6.54 Å². The molecule has 1 aromatic rings. The lowest BCUT2D eigenvalue weighted by atomic mass is 10.2. The lowest BCUT2D eigenvalue weighted by Gasteiger charge is -1.99. The van der Waals surface area contributed by atoms with Gasteiger partial charge in [-0.1, -0.05) is 12.7 Å². The molecule has 1 heterocycles. The third kappa shape index (κ3) is 1.76. The molecule has 0 saturated carbocycles. The van der Waals surface area contributed by atoms with E-state index < -0.39 is 0 Å². The minimum Gasteiger partial charge on any atom is -0.325 e. The van der Waals surface area contributed by atoms with E-state index in [4.69, 9.17) is 17.3 Å². The molecule has 0 unspecified atom stereocenters. The van der Waals surface area contributed by atoms with Crippen molar-refractivity contribution in [2.45, 2.75) is 6.54 Å². The molecule has 0 aliphatic heterocycles. The van der Waals surface area contributed by atoms with Crippen LogP contribution in [0.15, 0.2) is 12.8 Å². The van der Waals surface area contributed by atoms with Crippen molar-refractivity contribution < 1.29 is 0 Å². The van der Waals surface area contributed by atoms with Gasteiger partial charge in [0.15, 0.2) is 0 Å². The lowest BCUT2D eigenvalue weighted by molar-refractivity contribution is 0.958. The molecule has 0 radical (unpaired) electrons. The molecule has 11 heavy (non-hydrogen) atoms. The Morgan fingerprint density at radius 2 is 2.45 bits per heavy atom. The van der Waals surface area contributed by atoms with Crippen molar-refractivity contribution in [3.05, 3.63) is 29.3 Å². The number of rotatable bonds is 2. The Bertz CT molecular complexity index is 272. The number of hydrogen-bond donors (Lipinski definition) is 1. The Morgan fingerprint density at radius 3 is 3.00 bits per heavy atom. The van der Waals surface area contributed by atoms with E-state index in [0.717, 1.165) is 11.3 Å². The molecule has 4 heteroatoms. The Labute approximate surface area is 69.9 Å². The molecule has 2 N–H and O–H groups in total. The van der Waals surface area contributed by atoms with Gasteiger partial charge in [0, 0.05) is 18.3 Å². The standard InChI is InChI=1S/C7H8ClN3/c1-2-5-4-10-7(8)11-6(5)3-9/h2,4H,1,3,9H2. The van der Waals surface area contributed by atoms with E-state index in [1.165, 1.54) is 0 Å². The summed E-state index contributed by atoms with van der Waals surface area (Å²) in [5.41, 5.74) is 6.95. The zero-order valence-electron chi connectivity index (χ0n) is 5.92. The number of nitrogens with two attached hydrogens (primary N) is 1. The van der Waals surface area contributed by atoms with Gasteiger partial charge in [0.2, 0.25) is 5.28 Å². The van der Waals surface area contributed by atoms with Crippen LogP contribution in [-0.2, 0) is 6.54 Å². The molecule has 0 aliphatic rings. The van der Waals surface area contributed by atoms with Gasteiger partial charge in [0.1, 0.15) is 0 Å².